The van der Waals surface area contributed by atoms with Gasteiger partial charge in [-0.05, 0) is 24.3 Å². The van der Waals surface area contributed by atoms with Gasteiger partial charge in [-0.15, -0.1) is 0 Å². The lowest BCUT2D eigenvalue weighted by molar-refractivity contribution is -0.140. The van der Waals surface area contributed by atoms with Crippen molar-refractivity contribution in [3.05, 3.63) is 46.2 Å². The van der Waals surface area contributed by atoms with Crippen LogP contribution in [-0.4, -0.2) is 60.5 Å². The molecule has 0 aliphatic rings. The molecule has 0 unspecified atom stereocenters. The highest BCUT2D eigenvalue weighted by Crippen LogP contribution is 2.24. The van der Waals surface area contributed by atoms with Crippen LogP contribution in [0.4, 0.5) is 0 Å². The lowest BCUT2D eigenvalue weighted by atomic mass is 10.3. The van der Waals surface area contributed by atoms with Crippen LogP contribution in [0, 0.1) is 0 Å². The summed E-state index contributed by atoms with van der Waals surface area (Å²) in [5.41, 5.74) is 0.925. The molecule has 1 aromatic heterocycles. The molecular weight excluding hydrogens is 381 g/mol. The van der Waals surface area contributed by atoms with Gasteiger partial charge in [-0.1, -0.05) is 23.2 Å². The number of aromatic nitrogens is 2. The predicted octanol–water partition coefficient (Wildman–Crippen LogP) is 2.83. The fraction of sp³-hybridized carbons (Fsp3) is 0.353. The fourth-order valence-corrected chi connectivity index (χ4v) is 2.51. The van der Waals surface area contributed by atoms with Crippen LogP contribution < -0.4 is 0 Å². The number of carbonyl (C=O) groups excluding carboxylic acids is 2. The molecule has 1 heterocycles. The molecule has 1 amide bonds. The summed E-state index contributed by atoms with van der Waals surface area (Å²) in [5, 5.41) is 5.13. The highest BCUT2D eigenvalue weighted by Gasteiger charge is 2.19. The summed E-state index contributed by atoms with van der Waals surface area (Å²) in [4.78, 5) is 25.6. The van der Waals surface area contributed by atoms with Gasteiger partial charge in [-0.2, -0.15) is 5.10 Å². The van der Waals surface area contributed by atoms with E-state index >= 15 is 0 Å². The molecule has 0 fully saturated rings. The number of esters is 1. The van der Waals surface area contributed by atoms with Crippen molar-refractivity contribution in [1.82, 2.24) is 14.7 Å². The zero-order valence-corrected chi connectivity index (χ0v) is 16.0. The first-order valence-corrected chi connectivity index (χ1v) is 8.58. The second kappa shape index (κ2) is 9.56. The molecule has 0 spiro atoms. The van der Waals surface area contributed by atoms with Crippen molar-refractivity contribution < 1.29 is 19.1 Å². The van der Waals surface area contributed by atoms with E-state index in [-0.39, 0.29) is 30.5 Å². The molecule has 0 aliphatic carbocycles. The van der Waals surface area contributed by atoms with Crippen LogP contribution in [0.3, 0.4) is 0 Å². The second-order valence-corrected chi connectivity index (χ2v) is 6.17. The molecule has 0 saturated carbocycles. The van der Waals surface area contributed by atoms with E-state index in [4.69, 9.17) is 27.9 Å². The molecule has 2 aromatic rings. The first-order valence-electron chi connectivity index (χ1n) is 7.82. The SMILES string of the molecule is COCCN(CCC(=O)OC)C(=O)c1ccn(-c2ccc(Cl)c(Cl)c2)n1. The summed E-state index contributed by atoms with van der Waals surface area (Å²) in [6, 6.07) is 6.66. The van der Waals surface area contributed by atoms with Gasteiger partial charge in [0.05, 0.1) is 35.9 Å². The largest absolute Gasteiger partial charge is 0.469 e. The van der Waals surface area contributed by atoms with Crippen molar-refractivity contribution in [3.8, 4) is 5.69 Å². The van der Waals surface area contributed by atoms with Gasteiger partial charge in [0, 0.05) is 26.4 Å². The minimum absolute atomic E-state index is 0.0967. The van der Waals surface area contributed by atoms with Crippen LogP contribution in [0.1, 0.15) is 16.9 Å². The highest BCUT2D eigenvalue weighted by molar-refractivity contribution is 6.42. The summed E-state index contributed by atoms with van der Waals surface area (Å²) >= 11 is 11.9. The Labute approximate surface area is 161 Å². The first kappa shape index (κ1) is 20.2. The summed E-state index contributed by atoms with van der Waals surface area (Å²) < 4.78 is 11.2. The molecule has 0 radical (unpaired) electrons. The lowest BCUT2D eigenvalue weighted by Crippen LogP contribution is -2.36. The Kier molecular flexibility index (Phi) is 7.44. The Balaban J connectivity index is 2.16. The van der Waals surface area contributed by atoms with E-state index in [0.717, 1.165) is 0 Å². The van der Waals surface area contributed by atoms with Gasteiger partial charge < -0.3 is 14.4 Å². The number of rotatable bonds is 8. The Hall–Kier alpha value is -2.09. The van der Waals surface area contributed by atoms with Crippen molar-refractivity contribution in [2.75, 3.05) is 33.9 Å². The number of amides is 1. The van der Waals surface area contributed by atoms with Crippen molar-refractivity contribution in [2.24, 2.45) is 0 Å². The molecule has 0 saturated heterocycles. The monoisotopic (exact) mass is 399 g/mol. The molecule has 26 heavy (non-hydrogen) atoms. The normalized spacial score (nSPS) is 10.6. The Morgan fingerprint density at radius 3 is 2.58 bits per heavy atom. The van der Waals surface area contributed by atoms with Gasteiger partial charge in [-0.3, -0.25) is 9.59 Å². The van der Waals surface area contributed by atoms with Crippen molar-refractivity contribution in [3.63, 3.8) is 0 Å². The number of benzene rings is 1. The predicted molar refractivity (Wildman–Crippen MR) is 98.0 cm³/mol. The van der Waals surface area contributed by atoms with E-state index in [2.05, 4.69) is 9.84 Å². The quantitative estimate of drug-likeness (QED) is 0.638. The Bertz CT molecular complexity index is 779. The Morgan fingerprint density at radius 1 is 1.15 bits per heavy atom. The molecule has 0 N–H and O–H groups in total. The maximum atomic E-state index is 12.7. The third-order valence-electron chi connectivity index (χ3n) is 3.64. The minimum atomic E-state index is -0.387. The number of nitrogens with zero attached hydrogens (tertiary/aromatic N) is 3. The Morgan fingerprint density at radius 2 is 1.92 bits per heavy atom. The molecular formula is C17H19Cl2N3O4. The third kappa shape index (κ3) is 5.20. The number of ether oxygens (including phenoxy) is 2. The highest BCUT2D eigenvalue weighted by atomic mass is 35.5. The van der Waals surface area contributed by atoms with Crippen molar-refractivity contribution >= 4 is 35.1 Å². The molecule has 7 nitrogen and oxygen atoms in total. The zero-order chi connectivity index (χ0) is 19.1. The van der Waals surface area contributed by atoms with Crippen molar-refractivity contribution in [1.29, 1.82) is 0 Å². The lowest BCUT2D eigenvalue weighted by Gasteiger charge is -2.20. The van der Waals surface area contributed by atoms with Crippen LogP contribution in [0.15, 0.2) is 30.5 Å². The smallest absolute Gasteiger partial charge is 0.307 e. The molecule has 140 valence electrons. The molecule has 0 bridgehead atoms. The number of hydrogen-bond donors (Lipinski definition) is 0. The summed E-state index contributed by atoms with van der Waals surface area (Å²) in [6.45, 7) is 0.904. The molecule has 0 atom stereocenters. The van der Waals surface area contributed by atoms with Gasteiger partial charge in [0.15, 0.2) is 5.69 Å². The molecule has 0 aliphatic heterocycles. The van der Waals surface area contributed by atoms with Gasteiger partial charge in [0.2, 0.25) is 0 Å². The summed E-state index contributed by atoms with van der Waals surface area (Å²) in [6.07, 6.45) is 1.75. The van der Waals surface area contributed by atoms with Crippen LogP contribution in [-0.2, 0) is 14.3 Å². The number of methoxy groups -OCH3 is 2. The van der Waals surface area contributed by atoms with Gasteiger partial charge in [-0.25, -0.2) is 4.68 Å². The molecule has 1 aromatic carbocycles. The van der Waals surface area contributed by atoms with E-state index in [9.17, 15) is 9.59 Å². The van der Waals surface area contributed by atoms with Crippen LogP contribution >= 0.6 is 23.2 Å². The number of hydrogen-bond acceptors (Lipinski definition) is 5. The summed E-state index contributed by atoms with van der Waals surface area (Å²) in [5.74, 6) is -0.689. The minimum Gasteiger partial charge on any atom is -0.469 e. The molecule has 2 rings (SSSR count). The topological polar surface area (TPSA) is 73.7 Å². The maximum Gasteiger partial charge on any atom is 0.307 e. The second-order valence-electron chi connectivity index (χ2n) is 5.36. The average molecular weight is 400 g/mol. The van der Waals surface area contributed by atoms with Gasteiger partial charge in [0.1, 0.15) is 0 Å². The number of carbonyl (C=O) groups is 2. The maximum absolute atomic E-state index is 12.7. The summed E-state index contributed by atoms with van der Waals surface area (Å²) in [7, 11) is 2.85. The average Bonchev–Trinajstić information content (AvgIpc) is 3.13. The first-order chi connectivity index (χ1) is 12.5. The standard InChI is InChI=1S/C17H19Cl2N3O4/c1-25-10-9-21(7-6-16(23)26-2)17(24)15-5-8-22(20-15)12-3-4-13(18)14(19)11-12/h3-5,8,11H,6-7,9-10H2,1-2H3. The van der Waals surface area contributed by atoms with E-state index in [1.807, 2.05) is 0 Å². The number of halogens is 2. The molecule has 9 heteroatoms. The third-order valence-corrected chi connectivity index (χ3v) is 4.38. The van der Waals surface area contributed by atoms with E-state index < -0.39 is 0 Å². The van der Waals surface area contributed by atoms with Crippen LogP contribution in [0.5, 0.6) is 0 Å². The van der Waals surface area contributed by atoms with Gasteiger partial charge in [0.25, 0.3) is 5.91 Å². The fourth-order valence-electron chi connectivity index (χ4n) is 2.22. The van der Waals surface area contributed by atoms with E-state index in [0.29, 0.717) is 28.9 Å². The van der Waals surface area contributed by atoms with E-state index in [1.165, 1.54) is 16.7 Å². The van der Waals surface area contributed by atoms with E-state index in [1.54, 1.807) is 37.6 Å². The van der Waals surface area contributed by atoms with Crippen molar-refractivity contribution in [2.45, 2.75) is 6.42 Å². The van der Waals surface area contributed by atoms with Crippen LogP contribution in [0.25, 0.3) is 5.69 Å². The zero-order valence-electron chi connectivity index (χ0n) is 14.4. The van der Waals surface area contributed by atoms with Gasteiger partial charge >= 0.3 is 5.97 Å². The van der Waals surface area contributed by atoms with Crippen LogP contribution in [0.2, 0.25) is 10.0 Å².